The van der Waals surface area contributed by atoms with Gasteiger partial charge in [0.25, 0.3) is 0 Å². The Bertz CT molecular complexity index is 706. The quantitative estimate of drug-likeness (QED) is 0.718. The maximum absolute atomic E-state index is 5.99. The van der Waals surface area contributed by atoms with E-state index in [1.54, 1.807) is 18.3 Å². The van der Waals surface area contributed by atoms with Crippen LogP contribution in [-0.2, 0) is 0 Å². The molecule has 2 N–H and O–H groups in total. The largest absolute Gasteiger partial charge is 0.355 e. The molecule has 0 radical (unpaired) electrons. The van der Waals surface area contributed by atoms with Crippen molar-refractivity contribution in [3.8, 4) is 0 Å². The second kappa shape index (κ2) is 4.52. The molecule has 1 aromatic carbocycles. The molecule has 0 fully saturated rings. The van der Waals surface area contributed by atoms with Gasteiger partial charge in [-0.25, -0.2) is 4.98 Å². The minimum absolute atomic E-state index is 0.529. The van der Waals surface area contributed by atoms with E-state index in [1.807, 2.05) is 24.4 Å². The summed E-state index contributed by atoms with van der Waals surface area (Å²) < 4.78 is 0. The summed E-state index contributed by atoms with van der Waals surface area (Å²) in [6.07, 6.45) is 3.61. The number of halogens is 2. The van der Waals surface area contributed by atoms with Crippen molar-refractivity contribution in [3.63, 3.8) is 0 Å². The number of H-pyrrole nitrogens is 1. The van der Waals surface area contributed by atoms with Crippen molar-refractivity contribution in [3.05, 3.63) is 52.8 Å². The lowest BCUT2D eigenvalue weighted by molar-refractivity contribution is 1.32. The van der Waals surface area contributed by atoms with Crippen LogP contribution in [0.15, 0.2) is 42.7 Å². The molecule has 3 nitrogen and oxygen atoms in total. The van der Waals surface area contributed by atoms with Crippen molar-refractivity contribution in [1.29, 1.82) is 0 Å². The number of anilines is 2. The summed E-state index contributed by atoms with van der Waals surface area (Å²) in [6.45, 7) is 0. The third kappa shape index (κ3) is 2.03. The molecule has 0 unspecified atom stereocenters. The number of hydrogen-bond donors (Lipinski definition) is 2. The van der Waals surface area contributed by atoms with Crippen molar-refractivity contribution in [2.24, 2.45) is 0 Å². The Morgan fingerprint density at radius 2 is 1.94 bits per heavy atom. The number of aromatic nitrogens is 2. The van der Waals surface area contributed by atoms with E-state index in [-0.39, 0.29) is 0 Å². The smallest absolute Gasteiger partial charge is 0.139 e. The SMILES string of the molecule is Clc1ccc(Nc2ccnc3[nH]ccc23)cc1Cl. The molecular weight excluding hydrogens is 269 g/mol. The van der Waals surface area contributed by atoms with E-state index in [4.69, 9.17) is 23.2 Å². The topological polar surface area (TPSA) is 40.7 Å². The van der Waals surface area contributed by atoms with Crippen molar-refractivity contribution in [2.45, 2.75) is 0 Å². The summed E-state index contributed by atoms with van der Waals surface area (Å²) in [5.41, 5.74) is 2.71. The summed E-state index contributed by atoms with van der Waals surface area (Å²) in [7, 11) is 0. The fourth-order valence-electron chi connectivity index (χ4n) is 1.80. The van der Waals surface area contributed by atoms with Gasteiger partial charge >= 0.3 is 0 Å². The molecular formula is C13H9Cl2N3. The van der Waals surface area contributed by atoms with E-state index in [0.717, 1.165) is 22.4 Å². The first-order valence-electron chi connectivity index (χ1n) is 5.38. The number of aromatic amines is 1. The average Bonchev–Trinajstić information content (AvgIpc) is 2.83. The molecule has 0 aliphatic carbocycles. The molecule has 90 valence electrons. The molecule has 0 spiro atoms. The van der Waals surface area contributed by atoms with Crippen LogP contribution in [0.5, 0.6) is 0 Å². The van der Waals surface area contributed by atoms with Gasteiger partial charge in [0.1, 0.15) is 5.65 Å². The van der Waals surface area contributed by atoms with Crippen LogP contribution in [0.4, 0.5) is 11.4 Å². The van der Waals surface area contributed by atoms with Crippen molar-refractivity contribution >= 4 is 45.6 Å². The van der Waals surface area contributed by atoms with Crippen LogP contribution in [-0.4, -0.2) is 9.97 Å². The Morgan fingerprint density at radius 3 is 2.78 bits per heavy atom. The van der Waals surface area contributed by atoms with Crippen LogP contribution >= 0.6 is 23.2 Å². The molecule has 0 aliphatic rings. The summed E-state index contributed by atoms with van der Waals surface area (Å²) >= 11 is 11.9. The molecule has 0 amide bonds. The molecule has 2 aromatic heterocycles. The van der Waals surface area contributed by atoms with Crippen LogP contribution in [0.25, 0.3) is 11.0 Å². The summed E-state index contributed by atoms with van der Waals surface area (Å²) in [5.74, 6) is 0. The Balaban J connectivity index is 2.01. The molecule has 3 aromatic rings. The van der Waals surface area contributed by atoms with Gasteiger partial charge < -0.3 is 10.3 Å². The second-order valence-corrected chi connectivity index (χ2v) is 4.67. The van der Waals surface area contributed by atoms with Gasteiger partial charge in [0.2, 0.25) is 0 Å². The van der Waals surface area contributed by atoms with E-state index in [2.05, 4.69) is 15.3 Å². The highest BCUT2D eigenvalue weighted by Gasteiger charge is 2.04. The van der Waals surface area contributed by atoms with Crippen LogP contribution < -0.4 is 5.32 Å². The zero-order valence-electron chi connectivity index (χ0n) is 9.24. The predicted octanol–water partition coefficient (Wildman–Crippen LogP) is 4.61. The number of benzene rings is 1. The van der Waals surface area contributed by atoms with Gasteiger partial charge in [0.05, 0.1) is 15.7 Å². The first-order valence-corrected chi connectivity index (χ1v) is 6.14. The molecule has 18 heavy (non-hydrogen) atoms. The highest BCUT2D eigenvalue weighted by Crippen LogP contribution is 2.29. The lowest BCUT2D eigenvalue weighted by Crippen LogP contribution is -1.91. The summed E-state index contributed by atoms with van der Waals surface area (Å²) in [4.78, 5) is 7.30. The van der Waals surface area contributed by atoms with Gasteiger partial charge in [0, 0.05) is 23.5 Å². The van der Waals surface area contributed by atoms with Crippen molar-refractivity contribution in [2.75, 3.05) is 5.32 Å². The zero-order valence-corrected chi connectivity index (χ0v) is 10.8. The standard InChI is InChI=1S/C13H9Cl2N3/c14-10-2-1-8(7-11(10)15)18-12-4-6-17-13-9(12)3-5-16-13/h1-7H,(H2,16,17,18). The van der Waals surface area contributed by atoms with E-state index < -0.39 is 0 Å². The number of hydrogen-bond acceptors (Lipinski definition) is 2. The van der Waals surface area contributed by atoms with Crippen molar-refractivity contribution in [1.82, 2.24) is 9.97 Å². The van der Waals surface area contributed by atoms with Crippen LogP contribution in [0.2, 0.25) is 10.0 Å². The zero-order chi connectivity index (χ0) is 12.5. The molecule has 0 atom stereocenters. The Kier molecular flexibility index (Phi) is 2.86. The maximum atomic E-state index is 5.99. The first kappa shape index (κ1) is 11.4. The summed E-state index contributed by atoms with van der Waals surface area (Å²) in [6, 6.07) is 9.33. The number of nitrogens with one attached hydrogen (secondary N) is 2. The van der Waals surface area contributed by atoms with E-state index >= 15 is 0 Å². The molecule has 2 heterocycles. The number of rotatable bonds is 2. The Hall–Kier alpha value is -1.71. The lowest BCUT2D eigenvalue weighted by Gasteiger charge is -2.08. The Labute approximate surface area is 114 Å². The van der Waals surface area contributed by atoms with E-state index in [9.17, 15) is 0 Å². The second-order valence-electron chi connectivity index (χ2n) is 3.85. The number of nitrogens with zero attached hydrogens (tertiary/aromatic N) is 1. The number of fused-ring (bicyclic) bond motifs is 1. The van der Waals surface area contributed by atoms with E-state index in [1.165, 1.54) is 0 Å². The van der Waals surface area contributed by atoms with Gasteiger partial charge in [-0.05, 0) is 30.3 Å². The fourth-order valence-corrected chi connectivity index (χ4v) is 2.10. The first-order chi connectivity index (χ1) is 8.74. The number of pyridine rings is 1. The summed E-state index contributed by atoms with van der Waals surface area (Å²) in [5, 5.41) is 5.40. The van der Waals surface area contributed by atoms with Crippen LogP contribution in [0, 0.1) is 0 Å². The van der Waals surface area contributed by atoms with Gasteiger partial charge in [-0.1, -0.05) is 23.2 Å². The van der Waals surface area contributed by atoms with Crippen molar-refractivity contribution < 1.29 is 0 Å². The van der Waals surface area contributed by atoms with Gasteiger partial charge in [-0.2, -0.15) is 0 Å². The Morgan fingerprint density at radius 1 is 1.06 bits per heavy atom. The minimum atomic E-state index is 0.529. The van der Waals surface area contributed by atoms with Gasteiger partial charge in [-0.3, -0.25) is 0 Å². The highest BCUT2D eigenvalue weighted by atomic mass is 35.5. The fraction of sp³-hybridized carbons (Fsp3) is 0. The molecule has 0 saturated carbocycles. The molecule has 0 aliphatic heterocycles. The normalized spacial score (nSPS) is 10.8. The van der Waals surface area contributed by atoms with Gasteiger partial charge in [-0.15, -0.1) is 0 Å². The molecule has 0 bridgehead atoms. The highest BCUT2D eigenvalue weighted by molar-refractivity contribution is 6.42. The van der Waals surface area contributed by atoms with Crippen LogP contribution in [0.3, 0.4) is 0 Å². The van der Waals surface area contributed by atoms with Crippen LogP contribution in [0.1, 0.15) is 0 Å². The molecule has 5 heteroatoms. The monoisotopic (exact) mass is 277 g/mol. The average molecular weight is 278 g/mol. The third-order valence-corrected chi connectivity index (χ3v) is 3.40. The maximum Gasteiger partial charge on any atom is 0.139 e. The van der Waals surface area contributed by atoms with Gasteiger partial charge in [0.15, 0.2) is 0 Å². The predicted molar refractivity (Wildman–Crippen MR) is 75.8 cm³/mol. The minimum Gasteiger partial charge on any atom is -0.355 e. The van der Waals surface area contributed by atoms with E-state index in [0.29, 0.717) is 10.0 Å². The lowest BCUT2D eigenvalue weighted by atomic mass is 10.2. The molecule has 3 rings (SSSR count). The third-order valence-electron chi connectivity index (χ3n) is 2.66. The molecule has 0 saturated heterocycles.